The van der Waals surface area contributed by atoms with E-state index < -0.39 is 0 Å². The van der Waals surface area contributed by atoms with Gasteiger partial charge in [0.1, 0.15) is 11.6 Å². The maximum absolute atomic E-state index is 4.95. The third-order valence-corrected chi connectivity index (χ3v) is 5.85. The van der Waals surface area contributed by atoms with Crippen molar-refractivity contribution >= 4 is 16.9 Å². The smallest absolute Gasteiger partial charge is 0.163 e. The fourth-order valence-corrected chi connectivity index (χ4v) is 4.44. The molecule has 0 aromatic carbocycles. The molecule has 1 saturated carbocycles. The first-order valence-corrected chi connectivity index (χ1v) is 9.99. The van der Waals surface area contributed by atoms with Gasteiger partial charge in [-0.2, -0.15) is 10.2 Å². The highest BCUT2D eigenvalue weighted by molar-refractivity contribution is 5.86. The van der Waals surface area contributed by atoms with Crippen molar-refractivity contribution in [3.8, 4) is 0 Å². The third kappa shape index (κ3) is 3.09. The van der Waals surface area contributed by atoms with E-state index in [9.17, 15) is 0 Å². The maximum Gasteiger partial charge on any atom is 0.163 e. The predicted molar refractivity (Wildman–Crippen MR) is 107 cm³/mol. The molecular weight excluding hydrogens is 338 g/mol. The van der Waals surface area contributed by atoms with Crippen molar-refractivity contribution < 1.29 is 0 Å². The summed E-state index contributed by atoms with van der Waals surface area (Å²) in [5.41, 5.74) is 4.43. The van der Waals surface area contributed by atoms with E-state index in [4.69, 9.17) is 9.97 Å². The zero-order chi connectivity index (χ0) is 19.1. The average Bonchev–Trinajstić information content (AvgIpc) is 3.35. The van der Waals surface area contributed by atoms with Crippen LogP contribution in [0.3, 0.4) is 0 Å². The molecule has 0 spiro atoms. The zero-order valence-corrected chi connectivity index (χ0v) is 17.0. The number of aromatic nitrogens is 6. The van der Waals surface area contributed by atoms with E-state index in [2.05, 4.69) is 47.9 Å². The Morgan fingerprint density at radius 2 is 1.96 bits per heavy atom. The molecule has 1 aliphatic rings. The number of rotatable bonds is 5. The fraction of sp³-hybridized carbons (Fsp3) is 0.600. The minimum atomic E-state index is 0.111. The normalized spacial score (nSPS) is 16.3. The minimum Gasteiger partial charge on any atom is -0.363 e. The molecule has 144 valence electrons. The number of nitrogens with zero attached hydrogens (tertiary/aromatic N) is 6. The molecule has 1 N–H and O–H groups in total. The van der Waals surface area contributed by atoms with Crippen LogP contribution >= 0.6 is 0 Å². The van der Waals surface area contributed by atoms with Crippen molar-refractivity contribution in [3.63, 3.8) is 0 Å². The van der Waals surface area contributed by atoms with E-state index >= 15 is 0 Å². The van der Waals surface area contributed by atoms with E-state index in [0.717, 1.165) is 34.9 Å². The molecule has 0 saturated heterocycles. The van der Waals surface area contributed by atoms with Crippen molar-refractivity contribution in [3.05, 3.63) is 29.0 Å². The summed E-state index contributed by atoms with van der Waals surface area (Å²) < 4.78 is 3.91. The van der Waals surface area contributed by atoms with E-state index in [0.29, 0.717) is 5.92 Å². The Morgan fingerprint density at radius 1 is 1.22 bits per heavy atom. The molecule has 3 heterocycles. The molecule has 0 bridgehead atoms. The maximum atomic E-state index is 4.95. The molecule has 7 nitrogen and oxygen atoms in total. The second kappa shape index (κ2) is 6.94. The van der Waals surface area contributed by atoms with Crippen LogP contribution in [0.2, 0.25) is 0 Å². The van der Waals surface area contributed by atoms with Crippen LogP contribution in [-0.4, -0.2) is 29.5 Å². The number of aryl methyl sites for hydroxylation is 3. The van der Waals surface area contributed by atoms with Crippen LogP contribution in [0.5, 0.6) is 0 Å². The number of anilines is 1. The molecule has 27 heavy (non-hydrogen) atoms. The van der Waals surface area contributed by atoms with Crippen LogP contribution in [0.4, 0.5) is 5.82 Å². The van der Waals surface area contributed by atoms with Gasteiger partial charge in [-0.3, -0.25) is 9.36 Å². The Balaban J connectivity index is 1.73. The number of hydrogen-bond acceptors (Lipinski definition) is 5. The molecule has 1 fully saturated rings. The molecule has 3 aromatic heterocycles. The summed E-state index contributed by atoms with van der Waals surface area (Å²) in [6.07, 6.45) is 6.76. The Kier molecular flexibility index (Phi) is 4.61. The lowest BCUT2D eigenvalue weighted by atomic mass is 10.1. The van der Waals surface area contributed by atoms with Crippen molar-refractivity contribution in [1.82, 2.24) is 29.5 Å². The van der Waals surface area contributed by atoms with E-state index in [-0.39, 0.29) is 6.04 Å². The van der Waals surface area contributed by atoms with Crippen molar-refractivity contribution in [2.45, 2.75) is 71.9 Å². The highest BCUT2D eigenvalue weighted by Gasteiger charge is 2.24. The van der Waals surface area contributed by atoms with Crippen LogP contribution in [0.1, 0.15) is 74.3 Å². The van der Waals surface area contributed by atoms with E-state index in [1.807, 2.05) is 17.9 Å². The van der Waals surface area contributed by atoms with Gasteiger partial charge in [-0.1, -0.05) is 12.8 Å². The van der Waals surface area contributed by atoms with Gasteiger partial charge in [-0.05, 0) is 40.5 Å². The molecule has 1 aliphatic carbocycles. The van der Waals surface area contributed by atoms with Crippen LogP contribution in [0.15, 0.2) is 6.20 Å². The second-order valence-corrected chi connectivity index (χ2v) is 7.68. The van der Waals surface area contributed by atoms with Gasteiger partial charge in [0, 0.05) is 30.8 Å². The summed E-state index contributed by atoms with van der Waals surface area (Å²) in [7, 11) is 1.94. The average molecular weight is 368 g/mol. The highest BCUT2D eigenvalue weighted by Crippen LogP contribution is 2.35. The van der Waals surface area contributed by atoms with Crippen LogP contribution in [0, 0.1) is 13.8 Å². The summed E-state index contributed by atoms with van der Waals surface area (Å²) >= 11 is 0. The van der Waals surface area contributed by atoms with Crippen LogP contribution in [-0.2, 0) is 13.6 Å². The SMILES string of the molecule is CCn1nc(C)c(C(C)Nc2nc(C3CCCC3)nc3c2cnn3C)c1C. The Hall–Kier alpha value is -2.44. The summed E-state index contributed by atoms with van der Waals surface area (Å²) in [6.45, 7) is 9.40. The monoisotopic (exact) mass is 367 g/mol. The summed E-state index contributed by atoms with van der Waals surface area (Å²) in [6, 6.07) is 0.111. The molecule has 0 aliphatic heterocycles. The van der Waals surface area contributed by atoms with Gasteiger partial charge in [-0.15, -0.1) is 0 Å². The Morgan fingerprint density at radius 3 is 2.63 bits per heavy atom. The molecule has 0 amide bonds. The highest BCUT2D eigenvalue weighted by atomic mass is 15.3. The van der Waals surface area contributed by atoms with Gasteiger partial charge in [0.2, 0.25) is 0 Å². The van der Waals surface area contributed by atoms with Crippen molar-refractivity contribution in [2.24, 2.45) is 7.05 Å². The second-order valence-electron chi connectivity index (χ2n) is 7.68. The molecular formula is C20H29N7. The fourth-order valence-electron chi connectivity index (χ4n) is 4.44. The van der Waals surface area contributed by atoms with Gasteiger partial charge < -0.3 is 5.32 Å². The van der Waals surface area contributed by atoms with E-state index in [1.165, 1.54) is 36.9 Å². The molecule has 1 atom stereocenters. The first kappa shape index (κ1) is 17.9. The Labute approximate surface area is 160 Å². The van der Waals surface area contributed by atoms with Crippen LogP contribution < -0.4 is 5.32 Å². The van der Waals surface area contributed by atoms with Crippen molar-refractivity contribution in [2.75, 3.05) is 5.32 Å². The number of nitrogens with one attached hydrogen (secondary N) is 1. The summed E-state index contributed by atoms with van der Waals surface area (Å²) in [4.78, 5) is 9.79. The lowest BCUT2D eigenvalue weighted by molar-refractivity contribution is 0.632. The zero-order valence-electron chi connectivity index (χ0n) is 17.0. The number of hydrogen-bond donors (Lipinski definition) is 1. The quantitative estimate of drug-likeness (QED) is 0.737. The predicted octanol–water partition coefficient (Wildman–Crippen LogP) is 4.03. The molecule has 7 heteroatoms. The molecule has 4 rings (SSSR count). The van der Waals surface area contributed by atoms with Gasteiger partial charge in [0.25, 0.3) is 0 Å². The third-order valence-electron chi connectivity index (χ3n) is 5.85. The molecule has 0 radical (unpaired) electrons. The molecule has 3 aromatic rings. The summed E-state index contributed by atoms with van der Waals surface area (Å²) in [5.74, 6) is 2.30. The first-order valence-electron chi connectivity index (χ1n) is 9.99. The van der Waals surface area contributed by atoms with Crippen molar-refractivity contribution in [1.29, 1.82) is 0 Å². The largest absolute Gasteiger partial charge is 0.363 e. The first-order chi connectivity index (χ1) is 13.0. The van der Waals surface area contributed by atoms with Gasteiger partial charge >= 0.3 is 0 Å². The Bertz CT molecular complexity index is 963. The lowest BCUT2D eigenvalue weighted by Crippen LogP contribution is -2.13. The lowest BCUT2D eigenvalue weighted by Gasteiger charge is -2.18. The summed E-state index contributed by atoms with van der Waals surface area (Å²) in [5, 5.41) is 13.7. The minimum absolute atomic E-state index is 0.111. The van der Waals surface area contributed by atoms with Gasteiger partial charge in [0.05, 0.1) is 23.3 Å². The van der Waals surface area contributed by atoms with Gasteiger partial charge in [0.15, 0.2) is 5.65 Å². The van der Waals surface area contributed by atoms with E-state index in [1.54, 1.807) is 0 Å². The molecule has 1 unspecified atom stereocenters. The van der Waals surface area contributed by atoms with Crippen LogP contribution in [0.25, 0.3) is 11.0 Å². The van der Waals surface area contributed by atoms with Gasteiger partial charge in [-0.25, -0.2) is 9.97 Å². The topological polar surface area (TPSA) is 73.5 Å². The standard InChI is InChI=1S/C20H29N7/c1-6-27-14(4)17(13(3)25-27)12(2)22-19-16-11-21-26(5)20(16)24-18(23-19)15-9-7-8-10-15/h11-12,15H,6-10H2,1-5H3,(H,22,23,24). The number of fused-ring (bicyclic) bond motifs is 1.